The van der Waals surface area contributed by atoms with Gasteiger partial charge < -0.3 is 14.0 Å². The number of ether oxygens (including phenoxy) is 2. The van der Waals surface area contributed by atoms with Crippen LogP contribution in [0.2, 0.25) is 0 Å². The number of imidazole rings is 1. The number of methoxy groups -OCH3 is 1. The molecule has 0 saturated carbocycles. The van der Waals surface area contributed by atoms with Crippen molar-refractivity contribution in [1.29, 1.82) is 0 Å². The highest BCUT2D eigenvalue weighted by Gasteiger charge is 2.13. The van der Waals surface area contributed by atoms with E-state index in [0.717, 1.165) is 29.2 Å². The van der Waals surface area contributed by atoms with Gasteiger partial charge in [0, 0.05) is 12.7 Å². The van der Waals surface area contributed by atoms with E-state index in [1.807, 2.05) is 32.0 Å². The Labute approximate surface area is 118 Å². The monoisotopic (exact) mass is 282 g/mol. The largest absolute Gasteiger partial charge is 0.497 e. The zero-order valence-corrected chi connectivity index (χ0v) is 12.3. The third-order valence-electron chi connectivity index (χ3n) is 3.04. The summed E-state index contributed by atoms with van der Waals surface area (Å²) in [6.45, 7) is 5.48. The summed E-state index contributed by atoms with van der Waals surface area (Å²) in [5, 5.41) is 0. The molecule has 1 heterocycles. The molecule has 1 aromatic heterocycles. The number of hydrogen-bond acceptors (Lipinski definition) is 3. The van der Waals surface area contributed by atoms with Crippen LogP contribution in [0.1, 0.15) is 19.7 Å². The molecule has 4 nitrogen and oxygen atoms in total. The van der Waals surface area contributed by atoms with Crippen molar-refractivity contribution >= 4 is 22.6 Å². The van der Waals surface area contributed by atoms with Gasteiger partial charge in [0.05, 0.1) is 36.7 Å². The number of fused-ring (bicyclic) bond motifs is 1. The molecule has 0 spiro atoms. The summed E-state index contributed by atoms with van der Waals surface area (Å²) in [7, 11) is 1.66. The van der Waals surface area contributed by atoms with Gasteiger partial charge in [-0.1, -0.05) is 0 Å². The van der Waals surface area contributed by atoms with Crippen molar-refractivity contribution in [1.82, 2.24) is 9.55 Å². The summed E-state index contributed by atoms with van der Waals surface area (Å²) < 4.78 is 13.0. The fourth-order valence-corrected chi connectivity index (χ4v) is 2.38. The molecule has 0 N–H and O–H groups in total. The predicted molar refractivity (Wildman–Crippen MR) is 76.9 cm³/mol. The highest BCUT2D eigenvalue weighted by molar-refractivity contribution is 6.16. The summed E-state index contributed by atoms with van der Waals surface area (Å²) in [6.07, 6.45) is 0.121. The Morgan fingerprint density at radius 1 is 1.42 bits per heavy atom. The molecule has 0 saturated heterocycles. The summed E-state index contributed by atoms with van der Waals surface area (Å²) in [6, 6.07) is 5.84. The number of alkyl halides is 1. The topological polar surface area (TPSA) is 36.3 Å². The fraction of sp³-hybridized carbons (Fsp3) is 0.500. The van der Waals surface area contributed by atoms with E-state index in [4.69, 9.17) is 21.1 Å². The Morgan fingerprint density at radius 2 is 2.21 bits per heavy atom. The SMILES string of the molecule is CCOC(C)Cn1c(CCl)nc2ccc(OC)cc21. The summed E-state index contributed by atoms with van der Waals surface area (Å²) >= 11 is 5.98. The molecular formula is C14H19ClN2O2. The summed E-state index contributed by atoms with van der Waals surface area (Å²) in [5.74, 6) is 2.06. The second-order valence-corrected chi connectivity index (χ2v) is 4.66. The van der Waals surface area contributed by atoms with Crippen LogP contribution in [-0.4, -0.2) is 29.4 Å². The molecule has 1 aromatic carbocycles. The molecule has 2 aromatic rings. The van der Waals surface area contributed by atoms with Gasteiger partial charge in [-0.2, -0.15) is 0 Å². The van der Waals surface area contributed by atoms with Crippen LogP contribution in [0.5, 0.6) is 5.75 Å². The van der Waals surface area contributed by atoms with Gasteiger partial charge >= 0.3 is 0 Å². The highest BCUT2D eigenvalue weighted by atomic mass is 35.5. The third-order valence-corrected chi connectivity index (χ3v) is 3.28. The highest BCUT2D eigenvalue weighted by Crippen LogP contribution is 2.23. The van der Waals surface area contributed by atoms with Gasteiger partial charge in [0.2, 0.25) is 0 Å². The van der Waals surface area contributed by atoms with E-state index >= 15 is 0 Å². The van der Waals surface area contributed by atoms with Crippen molar-refractivity contribution < 1.29 is 9.47 Å². The normalized spacial score (nSPS) is 12.8. The first-order valence-electron chi connectivity index (χ1n) is 6.40. The molecule has 1 atom stereocenters. The standard InChI is InChI=1S/C14H19ClN2O2/c1-4-19-10(2)9-17-13-7-11(18-3)5-6-12(13)16-14(17)8-15/h5-7,10H,4,8-9H2,1-3H3. The first kappa shape index (κ1) is 14.2. The Balaban J connectivity index is 2.42. The number of aromatic nitrogens is 2. The van der Waals surface area contributed by atoms with E-state index in [2.05, 4.69) is 9.55 Å². The smallest absolute Gasteiger partial charge is 0.124 e. The summed E-state index contributed by atoms with van der Waals surface area (Å²) in [4.78, 5) is 4.54. The summed E-state index contributed by atoms with van der Waals surface area (Å²) in [5.41, 5.74) is 1.96. The molecule has 0 amide bonds. The molecule has 104 valence electrons. The molecule has 0 bridgehead atoms. The second kappa shape index (κ2) is 6.26. The minimum absolute atomic E-state index is 0.121. The van der Waals surface area contributed by atoms with E-state index in [1.54, 1.807) is 7.11 Å². The van der Waals surface area contributed by atoms with Crippen molar-refractivity contribution in [3.8, 4) is 5.75 Å². The van der Waals surface area contributed by atoms with Gasteiger partial charge in [-0.25, -0.2) is 4.98 Å². The van der Waals surface area contributed by atoms with Crippen molar-refractivity contribution in [2.75, 3.05) is 13.7 Å². The third kappa shape index (κ3) is 3.01. The van der Waals surface area contributed by atoms with E-state index < -0.39 is 0 Å². The van der Waals surface area contributed by atoms with Crippen molar-refractivity contribution in [2.45, 2.75) is 32.4 Å². The van der Waals surface area contributed by atoms with E-state index in [-0.39, 0.29) is 6.10 Å². The van der Waals surface area contributed by atoms with E-state index in [0.29, 0.717) is 12.5 Å². The molecule has 0 fully saturated rings. The van der Waals surface area contributed by atoms with Crippen LogP contribution in [0.4, 0.5) is 0 Å². The maximum Gasteiger partial charge on any atom is 0.124 e. The molecular weight excluding hydrogens is 264 g/mol. The molecule has 5 heteroatoms. The van der Waals surface area contributed by atoms with Crippen molar-refractivity contribution in [3.05, 3.63) is 24.0 Å². The second-order valence-electron chi connectivity index (χ2n) is 4.39. The average molecular weight is 283 g/mol. The van der Waals surface area contributed by atoms with E-state index in [1.165, 1.54) is 0 Å². The minimum atomic E-state index is 0.121. The Bertz CT molecular complexity index is 554. The van der Waals surface area contributed by atoms with Crippen LogP contribution in [0.15, 0.2) is 18.2 Å². The van der Waals surface area contributed by atoms with Crippen LogP contribution < -0.4 is 4.74 Å². The van der Waals surface area contributed by atoms with Gasteiger partial charge in [-0.05, 0) is 26.0 Å². The Kier molecular flexibility index (Phi) is 4.66. The van der Waals surface area contributed by atoms with Crippen molar-refractivity contribution in [3.63, 3.8) is 0 Å². The number of hydrogen-bond donors (Lipinski definition) is 0. The molecule has 19 heavy (non-hydrogen) atoms. The van der Waals surface area contributed by atoms with Gasteiger partial charge in [-0.3, -0.25) is 0 Å². The lowest BCUT2D eigenvalue weighted by molar-refractivity contribution is 0.0643. The van der Waals surface area contributed by atoms with Crippen LogP contribution in [0, 0.1) is 0 Å². The van der Waals surface area contributed by atoms with Crippen LogP contribution in [0.25, 0.3) is 11.0 Å². The van der Waals surface area contributed by atoms with Crippen LogP contribution >= 0.6 is 11.6 Å². The van der Waals surface area contributed by atoms with Gasteiger partial charge in [-0.15, -0.1) is 11.6 Å². The Hall–Kier alpha value is -1.26. The molecule has 2 rings (SSSR count). The van der Waals surface area contributed by atoms with E-state index in [9.17, 15) is 0 Å². The van der Waals surface area contributed by atoms with Gasteiger partial charge in [0.25, 0.3) is 0 Å². The lowest BCUT2D eigenvalue weighted by Crippen LogP contribution is -2.17. The average Bonchev–Trinajstić information content (AvgIpc) is 2.76. The molecule has 0 radical (unpaired) electrons. The number of nitrogens with zero attached hydrogens (tertiary/aromatic N) is 2. The Morgan fingerprint density at radius 3 is 2.84 bits per heavy atom. The minimum Gasteiger partial charge on any atom is -0.497 e. The molecule has 0 aliphatic heterocycles. The number of rotatable bonds is 6. The zero-order chi connectivity index (χ0) is 13.8. The first-order valence-corrected chi connectivity index (χ1v) is 6.93. The maximum atomic E-state index is 5.98. The predicted octanol–water partition coefficient (Wildman–Crippen LogP) is 3.21. The molecule has 0 aliphatic rings. The number of halogens is 1. The van der Waals surface area contributed by atoms with Crippen LogP contribution in [-0.2, 0) is 17.2 Å². The van der Waals surface area contributed by atoms with Gasteiger partial charge in [0.15, 0.2) is 0 Å². The first-order chi connectivity index (χ1) is 9.19. The fourth-order valence-electron chi connectivity index (χ4n) is 2.18. The van der Waals surface area contributed by atoms with Crippen molar-refractivity contribution in [2.24, 2.45) is 0 Å². The van der Waals surface area contributed by atoms with Crippen LogP contribution in [0.3, 0.4) is 0 Å². The van der Waals surface area contributed by atoms with Gasteiger partial charge in [0.1, 0.15) is 11.6 Å². The maximum absolute atomic E-state index is 5.98. The number of benzene rings is 1. The molecule has 0 aliphatic carbocycles. The lowest BCUT2D eigenvalue weighted by atomic mass is 10.3. The zero-order valence-electron chi connectivity index (χ0n) is 11.5. The molecule has 1 unspecified atom stereocenters. The lowest BCUT2D eigenvalue weighted by Gasteiger charge is -2.15. The quantitative estimate of drug-likeness (QED) is 0.764.